The van der Waals surface area contributed by atoms with E-state index in [1.807, 2.05) is 4.90 Å². The maximum atomic E-state index is 12.7. The van der Waals surface area contributed by atoms with Gasteiger partial charge in [-0.15, -0.1) is 11.3 Å². The van der Waals surface area contributed by atoms with Crippen molar-refractivity contribution in [1.82, 2.24) is 10.2 Å². The molecule has 1 aromatic heterocycles. The first kappa shape index (κ1) is 17.0. The second-order valence-electron chi connectivity index (χ2n) is 7.58. The molecule has 2 N–H and O–H groups in total. The van der Waals surface area contributed by atoms with Gasteiger partial charge in [0, 0.05) is 30.9 Å². The van der Waals surface area contributed by atoms with Gasteiger partial charge in [-0.1, -0.05) is 12.5 Å². The van der Waals surface area contributed by atoms with E-state index in [0.717, 1.165) is 19.5 Å². The molecule has 5 heteroatoms. The Morgan fingerprint density at radius 3 is 2.96 bits per heavy atom. The summed E-state index contributed by atoms with van der Waals surface area (Å²) in [6.07, 6.45) is 5.19. The van der Waals surface area contributed by atoms with Crippen LogP contribution in [-0.4, -0.2) is 41.1 Å². The van der Waals surface area contributed by atoms with E-state index in [4.69, 9.17) is 0 Å². The Balaban J connectivity index is 1.34. The summed E-state index contributed by atoms with van der Waals surface area (Å²) in [5.41, 5.74) is -0.0573. The SMILES string of the molecule is O=C1N(CC2CCC2)CCC[C@]1(O)CNCc1ccc2sccc2c1. The third-order valence-corrected chi connectivity index (χ3v) is 6.57. The number of carbonyl (C=O) groups excluding carboxylic acids is 1. The van der Waals surface area contributed by atoms with E-state index >= 15 is 0 Å². The molecule has 1 amide bonds. The van der Waals surface area contributed by atoms with Gasteiger partial charge in [-0.2, -0.15) is 0 Å². The molecule has 2 heterocycles. The van der Waals surface area contributed by atoms with E-state index in [9.17, 15) is 9.90 Å². The molecule has 1 aromatic carbocycles. The fourth-order valence-electron chi connectivity index (χ4n) is 3.93. The second-order valence-corrected chi connectivity index (χ2v) is 8.53. The quantitative estimate of drug-likeness (QED) is 0.834. The minimum Gasteiger partial charge on any atom is -0.379 e. The first-order valence-electron chi connectivity index (χ1n) is 9.33. The zero-order valence-corrected chi connectivity index (χ0v) is 15.4. The average molecular weight is 359 g/mol. The van der Waals surface area contributed by atoms with E-state index in [1.54, 1.807) is 11.3 Å². The number of thiophene rings is 1. The molecule has 0 radical (unpaired) electrons. The number of aliphatic hydroxyl groups is 1. The third kappa shape index (κ3) is 3.59. The molecule has 134 valence electrons. The van der Waals surface area contributed by atoms with Crippen LogP contribution in [0.3, 0.4) is 0 Å². The lowest BCUT2D eigenvalue weighted by Crippen LogP contribution is -2.58. The van der Waals surface area contributed by atoms with Crippen molar-refractivity contribution in [2.75, 3.05) is 19.6 Å². The summed E-state index contributed by atoms with van der Waals surface area (Å²) in [6.45, 7) is 2.63. The Morgan fingerprint density at radius 1 is 1.28 bits per heavy atom. The highest BCUT2D eigenvalue weighted by molar-refractivity contribution is 7.17. The van der Waals surface area contributed by atoms with E-state index in [1.165, 1.54) is 34.9 Å². The molecule has 25 heavy (non-hydrogen) atoms. The number of carbonyl (C=O) groups is 1. The van der Waals surface area contributed by atoms with Crippen LogP contribution in [-0.2, 0) is 11.3 Å². The van der Waals surface area contributed by atoms with Crippen LogP contribution in [0.4, 0.5) is 0 Å². The smallest absolute Gasteiger partial charge is 0.255 e. The Bertz CT molecular complexity index is 755. The summed E-state index contributed by atoms with van der Waals surface area (Å²) < 4.78 is 1.29. The van der Waals surface area contributed by atoms with Crippen LogP contribution < -0.4 is 5.32 Å². The number of hydrogen-bond donors (Lipinski definition) is 2. The number of nitrogens with zero attached hydrogens (tertiary/aromatic N) is 1. The molecule has 2 aromatic rings. The van der Waals surface area contributed by atoms with Gasteiger partial charge in [-0.3, -0.25) is 4.79 Å². The number of piperidine rings is 1. The lowest BCUT2D eigenvalue weighted by atomic mass is 9.83. The van der Waals surface area contributed by atoms with Crippen molar-refractivity contribution >= 4 is 27.3 Å². The number of fused-ring (bicyclic) bond motifs is 1. The van der Waals surface area contributed by atoms with Gasteiger partial charge in [0.05, 0.1) is 0 Å². The van der Waals surface area contributed by atoms with Crippen molar-refractivity contribution in [3.8, 4) is 0 Å². The number of likely N-dealkylation sites (tertiary alicyclic amines) is 1. The molecule has 1 atom stereocenters. The minimum atomic E-state index is -1.24. The summed E-state index contributed by atoms with van der Waals surface area (Å²) in [5, 5.41) is 17.5. The van der Waals surface area contributed by atoms with E-state index in [2.05, 4.69) is 35.0 Å². The molecule has 1 saturated carbocycles. The molecule has 0 spiro atoms. The fourth-order valence-corrected chi connectivity index (χ4v) is 4.70. The monoisotopic (exact) mass is 358 g/mol. The molecule has 2 aliphatic rings. The van der Waals surface area contributed by atoms with E-state index in [0.29, 0.717) is 25.4 Å². The van der Waals surface area contributed by atoms with Crippen molar-refractivity contribution in [2.45, 2.75) is 44.2 Å². The number of hydrogen-bond acceptors (Lipinski definition) is 4. The van der Waals surface area contributed by atoms with Crippen molar-refractivity contribution in [2.24, 2.45) is 5.92 Å². The second kappa shape index (κ2) is 7.06. The van der Waals surface area contributed by atoms with E-state index in [-0.39, 0.29) is 5.91 Å². The van der Waals surface area contributed by atoms with Crippen molar-refractivity contribution in [1.29, 1.82) is 0 Å². The summed E-state index contributed by atoms with van der Waals surface area (Å²) in [5.74, 6) is 0.572. The summed E-state index contributed by atoms with van der Waals surface area (Å²) in [6, 6.07) is 8.55. The van der Waals surface area contributed by atoms with Gasteiger partial charge >= 0.3 is 0 Å². The molecule has 1 aliphatic heterocycles. The first-order valence-corrected chi connectivity index (χ1v) is 10.2. The molecule has 0 unspecified atom stereocenters. The Hall–Kier alpha value is -1.43. The lowest BCUT2D eigenvalue weighted by Gasteiger charge is -2.41. The Kier molecular flexibility index (Phi) is 4.80. The number of rotatable bonds is 6. The van der Waals surface area contributed by atoms with Crippen molar-refractivity contribution in [3.63, 3.8) is 0 Å². The van der Waals surface area contributed by atoms with Gasteiger partial charge in [-0.05, 0) is 66.1 Å². The number of nitrogens with one attached hydrogen (secondary N) is 1. The molecular weight excluding hydrogens is 332 g/mol. The van der Waals surface area contributed by atoms with Crippen LogP contribution >= 0.6 is 11.3 Å². The van der Waals surface area contributed by atoms with Crippen LogP contribution in [0.5, 0.6) is 0 Å². The molecular formula is C20H26N2O2S. The van der Waals surface area contributed by atoms with Gasteiger partial charge in [0.15, 0.2) is 5.60 Å². The number of benzene rings is 1. The Labute approximate surface area is 152 Å². The Morgan fingerprint density at radius 2 is 2.16 bits per heavy atom. The summed E-state index contributed by atoms with van der Waals surface area (Å²) >= 11 is 1.74. The highest BCUT2D eigenvalue weighted by Crippen LogP contribution is 2.30. The molecule has 1 aliphatic carbocycles. The maximum absolute atomic E-state index is 12.7. The predicted molar refractivity (Wildman–Crippen MR) is 102 cm³/mol. The zero-order valence-electron chi connectivity index (χ0n) is 14.5. The molecule has 4 nitrogen and oxygen atoms in total. The van der Waals surface area contributed by atoms with Crippen LogP contribution in [0.15, 0.2) is 29.6 Å². The van der Waals surface area contributed by atoms with Crippen LogP contribution in [0, 0.1) is 5.92 Å². The summed E-state index contributed by atoms with van der Waals surface area (Å²) in [7, 11) is 0. The maximum Gasteiger partial charge on any atom is 0.255 e. The molecule has 4 rings (SSSR count). The fraction of sp³-hybridized carbons (Fsp3) is 0.550. The van der Waals surface area contributed by atoms with Gasteiger partial charge in [0.2, 0.25) is 0 Å². The third-order valence-electron chi connectivity index (χ3n) is 5.67. The largest absolute Gasteiger partial charge is 0.379 e. The highest BCUT2D eigenvalue weighted by atomic mass is 32.1. The van der Waals surface area contributed by atoms with Gasteiger partial charge < -0.3 is 15.3 Å². The zero-order chi connectivity index (χ0) is 17.3. The normalized spacial score (nSPS) is 24.7. The molecule has 1 saturated heterocycles. The van der Waals surface area contributed by atoms with Gasteiger partial charge in [0.1, 0.15) is 0 Å². The lowest BCUT2D eigenvalue weighted by molar-refractivity contribution is -0.157. The van der Waals surface area contributed by atoms with Crippen LogP contribution in [0.1, 0.15) is 37.7 Å². The molecule has 2 fully saturated rings. The molecule has 0 bridgehead atoms. The minimum absolute atomic E-state index is 0.0774. The van der Waals surface area contributed by atoms with Crippen LogP contribution in [0.2, 0.25) is 0 Å². The first-order chi connectivity index (χ1) is 12.1. The van der Waals surface area contributed by atoms with Gasteiger partial charge in [0.25, 0.3) is 5.91 Å². The summed E-state index contributed by atoms with van der Waals surface area (Å²) in [4.78, 5) is 14.6. The average Bonchev–Trinajstić information content (AvgIpc) is 3.02. The van der Waals surface area contributed by atoms with E-state index < -0.39 is 5.60 Å². The van der Waals surface area contributed by atoms with Crippen molar-refractivity contribution < 1.29 is 9.90 Å². The highest BCUT2D eigenvalue weighted by Gasteiger charge is 2.42. The standard InChI is InChI=1S/C20H26N2O2S/c23-19-20(24,8-2-9-22(19)13-15-3-1-4-15)14-21-12-16-5-6-18-17(11-16)7-10-25-18/h5-7,10-11,15,21,24H,1-4,8-9,12-14H2/t20-/m0/s1. The topological polar surface area (TPSA) is 52.6 Å². The van der Waals surface area contributed by atoms with Crippen LogP contribution in [0.25, 0.3) is 10.1 Å². The number of amides is 1. The van der Waals surface area contributed by atoms with Crippen molar-refractivity contribution in [3.05, 3.63) is 35.2 Å². The van der Waals surface area contributed by atoms with Gasteiger partial charge in [-0.25, -0.2) is 0 Å². The predicted octanol–water partition coefficient (Wildman–Crippen LogP) is 3.14.